The third kappa shape index (κ3) is 2.84. The lowest BCUT2D eigenvalue weighted by molar-refractivity contribution is 0.614. The highest BCUT2D eigenvalue weighted by Gasteiger charge is 2.14. The van der Waals surface area contributed by atoms with Crippen LogP contribution in [0, 0.1) is 16.3 Å². The van der Waals surface area contributed by atoms with Gasteiger partial charge >= 0.3 is 0 Å². The number of nitrogens with two attached hydrogens (primary N) is 1. The predicted molar refractivity (Wildman–Crippen MR) is 81.3 cm³/mol. The van der Waals surface area contributed by atoms with Crippen LogP contribution in [0.4, 0.5) is 4.39 Å². The minimum atomic E-state index is -0.370. The van der Waals surface area contributed by atoms with E-state index in [9.17, 15) is 4.39 Å². The predicted octanol–water partition coefficient (Wildman–Crippen LogP) is 4.44. The van der Waals surface area contributed by atoms with Crippen molar-refractivity contribution < 1.29 is 4.39 Å². The standard InChI is InChI=1S/C14H12ClFIN/c1-8-2-3-9(6-12(8)16)14(18)11-7-10(15)4-5-13(11)17/h2-7,14H,18H2,1H3. The van der Waals surface area contributed by atoms with E-state index >= 15 is 0 Å². The summed E-state index contributed by atoms with van der Waals surface area (Å²) in [5.74, 6) is -0.236. The maximum Gasteiger partial charge on any atom is 0.126 e. The third-order valence-corrected chi connectivity index (χ3v) is 4.07. The Morgan fingerprint density at radius 3 is 2.61 bits per heavy atom. The normalized spacial score (nSPS) is 12.5. The second-order valence-corrected chi connectivity index (χ2v) is 5.75. The maximum atomic E-state index is 13.6. The SMILES string of the molecule is Cc1ccc(C(N)c2cc(Cl)ccc2I)cc1F. The van der Waals surface area contributed by atoms with E-state index in [1.165, 1.54) is 6.07 Å². The zero-order chi connectivity index (χ0) is 13.3. The van der Waals surface area contributed by atoms with Crippen molar-refractivity contribution in [3.05, 3.63) is 67.5 Å². The largest absolute Gasteiger partial charge is 0.320 e. The maximum absolute atomic E-state index is 13.6. The monoisotopic (exact) mass is 375 g/mol. The van der Waals surface area contributed by atoms with E-state index in [4.69, 9.17) is 17.3 Å². The lowest BCUT2D eigenvalue weighted by Gasteiger charge is -2.15. The van der Waals surface area contributed by atoms with Crippen molar-refractivity contribution in [2.75, 3.05) is 0 Å². The molecule has 0 bridgehead atoms. The molecule has 2 aromatic rings. The van der Waals surface area contributed by atoms with E-state index in [-0.39, 0.29) is 11.9 Å². The molecule has 18 heavy (non-hydrogen) atoms. The van der Waals surface area contributed by atoms with Crippen molar-refractivity contribution in [2.24, 2.45) is 5.73 Å². The van der Waals surface area contributed by atoms with Crippen molar-refractivity contribution in [2.45, 2.75) is 13.0 Å². The van der Waals surface area contributed by atoms with Crippen LogP contribution in [0.5, 0.6) is 0 Å². The molecule has 94 valence electrons. The molecular formula is C14H12ClFIN. The quantitative estimate of drug-likeness (QED) is 0.772. The van der Waals surface area contributed by atoms with Gasteiger partial charge in [0.25, 0.3) is 0 Å². The fraction of sp³-hybridized carbons (Fsp3) is 0.143. The first-order valence-electron chi connectivity index (χ1n) is 5.45. The van der Waals surface area contributed by atoms with Gasteiger partial charge in [0.2, 0.25) is 0 Å². The van der Waals surface area contributed by atoms with Gasteiger partial charge in [0, 0.05) is 8.59 Å². The summed E-state index contributed by atoms with van der Waals surface area (Å²) in [6, 6.07) is 10.2. The third-order valence-electron chi connectivity index (χ3n) is 2.85. The first-order chi connectivity index (χ1) is 8.49. The molecule has 2 N–H and O–H groups in total. The molecule has 0 radical (unpaired) electrons. The van der Waals surface area contributed by atoms with Crippen molar-refractivity contribution >= 4 is 34.2 Å². The van der Waals surface area contributed by atoms with Crippen LogP contribution in [0.1, 0.15) is 22.7 Å². The van der Waals surface area contributed by atoms with Gasteiger partial charge in [-0.15, -0.1) is 0 Å². The minimum absolute atomic E-state index is 0.236. The van der Waals surface area contributed by atoms with Crippen LogP contribution in [0.3, 0.4) is 0 Å². The molecule has 2 rings (SSSR count). The van der Waals surface area contributed by atoms with Crippen molar-refractivity contribution in [1.29, 1.82) is 0 Å². The van der Waals surface area contributed by atoms with E-state index in [1.807, 2.05) is 24.3 Å². The summed E-state index contributed by atoms with van der Waals surface area (Å²) in [4.78, 5) is 0. The molecule has 1 unspecified atom stereocenters. The highest BCUT2D eigenvalue weighted by Crippen LogP contribution is 2.27. The van der Waals surface area contributed by atoms with Gasteiger partial charge in [-0.3, -0.25) is 0 Å². The number of benzene rings is 2. The second-order valence-electron chi connectivity index (χ2n) is 4.15. The Morgan fingerprint density at radius 1 is 1.22 bits per heavy atom. The molecule has 0 heterocycles. The van der Waals surface area contributed by atoms with Crippen LogP contribution in [-0.4, -0.2) is 0 Å². The van der Waals surface area contributed by atoms with Gasteiger partial charge in [0.15, 0.2) is 0 Å². The van der Waals surface area contributed by atoms with E-state index < -0.39 is 0 Å². The van der Waals surface area contributed by atoms with Crippen LogP contribution < -0.4 is 5.73 Å². The van der Waals surface area contributed by atoms with Gasteiger partial charge in [-0.05, 0) is 70.5 Å². The van der Waals surface area contributed by atoms with Gasteiger partial charge in [-0.1, -0.05) is 23.7 Å². The van der Waals surface area contributed by atoms with Gasteiger partial charge < -0.3 is 5.73 Å². The summed E-state index contributed by atoms with van der Waals surface area (Å²) < 4.78 is 14.6. The zero-order valence-corrected chi connectivity index (χ0v) is 12.7. The highest BCUT2D eigenvalue weighted by atomic mass is 127. The lowest BCUT2D eigenvalue weighted by atomic mass is 9.98. The molecule has 0 spiro atoms. The highest BCUT2D eigenvalue weighted by molar-refractivity contribution is 14.1. The number of hydrogen-bond donors (Lipinski definition) is 1. The van der Waals surface area contributed by atoms with Crippen LogP contribution in [0.15, 0.2) is 36.4 Å². The fourth-order valence-electron chi connectivity index (χ4n) is 1.74. The summed E-state index contributed by atoms with van der Waals surface area (Å²) in [6.07, 6.45) is 0. The molecule has 0 aliphatic carbocycles. The van der Waals surface area contributed by atoms with Crippen LogP contribution in [0.25, 0.3) is 0 Å². The van der Waals surface area contributed by atoms with E-state index in [1.54, 1.807) is 13.0 Å². The Morgan fingerprint density at radius 2 is 1.94 bits per heavy atom. The topological polar surface area (TPSA) is 26.0 Å². The first kappa shape index (κ1) is 13.8. The molecule has 2 aromatic carbocycles. The Bertz CT molecular complexity index is 586. The van der Waals surface area contributed by atoms with E-state index in [2.05, 4.69) is 22.6 Å². The minimum Gasteiger partial charge on any atom is -0.320 e. The van der Waals surface area contributed by atoms with Crippen LogP contribution in [-0.2, 0) is 0 Å². The number of halogens is 3. The smallest absolute Gasteiger partial charge is 0.126 e. The molecular weight excluding hydrogens is 364 g/mol. The molecule has 0 aliphatic heterocycles. The van der Waals surface area contributed by atoms with Crippen LogP contribution >= 0.6 is 34.2 Å². The first-order valence-corrected chi connectivity index (χ1v) is 6.91. The van der Waals surface area contributed by atoms with Crippen molar-refractivity contribution in [3.63, 3.8) is 0 Å². The molecule has 0 saturated carbocycles. The van der Waals surface area contributed by atoms with Gasteiger partial charge in [-0.2, -0.15) is 0 Å². The molecule has 0 fully saturated rings. The number of hydrogen-bond acceptors (Lipinski definition) is 1. The Kier molecular flexibility index (Phi) is 4.25. The average Bonchev–Trinajstić information content (AvgIpc) is 2.35. The van der Waals surface area contributed by atoms with Crippen molar-refractivity contribution in [1.82, 2.24) is 0 Å². The van der Waals surface area contributed by atoms with Gasteiger partial charge in [-0.25, -0.2) is 4.39 Å². The zero-order valence-electron chi connectivity index (χ0n) is 9.75. The van der Waals surface area contributed by atoms with Gasteiger partial charge in [0.05, 0.1) is 6.04 Å². The Hall–Kier alpha value is -0.650. The summed E-state index contributed by atoms with van der Waals surface area (Å²) in [5.41, 5.74) is 8.45. The van der Waals surface area contributed by atoms with Crippen LogP contribution in [0.2, 0.25) is 5.02 Å². The number of rotatable bonds is 2. The molecule has 0 amide bonds. The number of aryl methyl sites for hydroxylation is 1. The second kappa shape index (κ2) is 5.55. The molecule has 0 saturated heterocycles. The summed E-state index contributed by atoms with van der Waals surface area (Å²) in [7, 11) is 0. The average molecular weight is 376 g/mol. The fourth-order valence-corrected chi connectivity index (χ4v) is 2.59. The molecule has 1 atom stereocenters. The van der Waals surface area contributed by atoms with E-state index in [0.717, 1.165) is 14.7 Å². The Labute approximate surface area is 124 Å². The Balaban J connectivity index is 2.44. The van der Waals surface area contributed by atoms with Gasteiger partial charge in [0.1, 0.15) is 5.82 Å². The van der Waals surface area contributed by atoms with E-state index in [0.29, 0.717) is 10.6 Å². The lowest BCUT2D eigenvalue weighted by Crippen LogP contribution is -2.13. The summed E-state index contributed by atoms with van der Waals surface area (Å²) >= 11 is 8.17. The summed E-state index contributed by atoms with van der Waals surface area (Å²) in [6.45, 7) is 1.73. The molecule has 4 heteroatoms. The summed E-state index contributed by atoms with van der Waals surface area (Å²) in [5, 5.41) is 0.633. The molecule has 0 aliphatic rings. The molecule has 0 aromatic heterocycles. The molecule has 1 nitrogen and oxygen atoms in total. The van der Waals surface area contributed by atoms with Crippen molar-refractivity contribution in [3.8, 4) is 0 Å².